The summed E-state index contributed by atoms with van der Waals surface area (Å²) in [5.74, 6) is -0.354. The highest BCUT2D eigenvalue weighted by Gasteiger charge is 2.41. The van der Waals surface area contributed by atoms with Crippen molar-refractivity contribution in [2.24, 2.45) is 5.92 Å². The van der Waals surface area contributed by atoms with Crippen LogP contribution in [0.1, 0.15) is 35.7 Å². The second-order valence-corrected chi connectivity index (χ2v) is 7.23. The molecule has 0 spiro atoms. The van der Waals surface area contributed by atoms with Gasteiger partial charge < -0.3 is 14.2 Å². The SMILES string of the molecule is C=C1CC[C@@H](OC(=O)c2ccccc2)[C@@H](OC)[C@@H]1[C@H](C)OCc1ccccc1. The van der Waals surface area contributed by atoms with Crippen molar-refractivity contribution in [3.63, 3.8) is 0 Å². The van der Waals surface area contributed by atoms with Crippen LogP contribution in [0, 0.1) is 5.92 Å². The topological polar surface area (TPSA) is 44.8 Å². The van der Waals surface area contributed by atoms with Gasteiger partial charge in [-0.25, -0.2) is 4.79 Å². The van der Waals surface area contributed by atoms with Crippen LogP contribution >= 0.6 is 0 Å². The maximum atomic E-state index is 12.5. The van der Waals surface area contributed by atoms with Crippen LogP contribution in [-0.4, -0.2) is 31.4 Å². The zero-order valence-corrected chi connectivity index (χ0v) is 16.5. The van der Waals surface area contributed by atoms with E-state index in [9.17, 15) is 4.79 Å². The Morgan fingerprint density at radius 2 is 1.75 bits per heavy atom. The van der Waals surface area contributed by atoms with Gasteiger partial charge in [-0.1, -0.05) is 60.7 Å². The number of benzene rings is 2. The lowest BCUT2D eigenvalue weighted by molar-refractivity contribution is -0.103. The molecule has 0 radical (unpaired) electrons. The smallest absolute Gasteiger partial charge is 0.338 e. The molecule has 0 aromatic heterocycles. The fraction of sp³-hybridized carbons (Fsp3) is 0.375. The highest BCUT2D eigenvalue weighted by atomic mass is 16.6. The van der Waals surface area contributed by atoms with Crippen molar-refractivity contribution in [2.75, 3.05) is 7.11 Å². The number of carbonyl (C=O) groups excluding carboxylic acids is 1. The van der Waals surface area contributed by atoms with E-state index in [1.807, 2.05) is 55.5 Å². The van der Waals surface area contributed by atoms with E-state index >= 15 is 0 Å². The Morgan fingerprint density at radius 3 is 2.39 bits per heavy atom. The van der Waals surface area contributed by atoms with Gasteiger partial charge in [0.2, 0.25) is 0 Å². The molecule has 0 saturated heterocycles. The minimum atomic E-state index is -0.323. The fourth-order valence-corrected chi connectivity index (χ4v) is 3.83. The molecule has 0 aliphatic heterocycles. The summed E-state index contributed by atoms with van der Waals surface area (Å²) in [6.07, 6.45) is 0.792. The number of methoxy groups -OCH3 is 1. The average molecular weight is 380 g/mol. The third-order valence-electron chi connectivity index (χ3n) is 5.34. The van der Waals surface area contributed by atoms with Crippen molar-refractivity contribution in [2.45, 2.75) is 44.7 Å². The fourth-order valence-electron chi connectivity index (χ4n) is 3.83. The summed E-state index contributed by atoms with van der Waals surface area (Å²) >= 11 is 0. The molecule has 4 atom stereocenters. The lowest BCUT2D eigenvalue weighted by Gasteiger charge is -2.40. The third-order valence-corrected chi connectivity index (χ3v) is 5.34. The summed E-state index contributed by atoms with van der Waals surface area (Å²) in [5.41, 5.74) is 2.75. The van der Waals surface area contributed by atoms with Crippen molar-refractivity contribution in [1.82, 2.24) is 0 Å². The van der Waals surface area contributed by atoms with Crippen LogP contribution in [0.2, 0.25) is 0 Å². The normalized spacial score (nSPS) is 23.2. The summed E-state index contributed by atoms with van der Waals surface area (Å²) in [5, 5.41) is 0. The molecule has 2 aromatic rings. The summed E-state index contributed by atoms with van der Waals surface area (Å²) < 4.78 is 17.7. The monoisotopic (exact) mass is 380 g/mol. The molecule has 1 fully saturated rings. The molecular formula is C24H28O4. The summed E-state index contributed by atoms with van der Waals surface area (Å²) in [6.45, 7) is 6.80. The Labute approximate surface area is 167 Å². The van der Waals surface area contributed by atoms with Crippen LogP contribution in [0.25, 0.3) is 0 Å². The number of rotatable bonds is 7. The predicted octanol–water partition coefficient (Wildman–Crippen LogP) is 4.80. The van der Waals surface area contributed by atoms with E-state index < -0.39 is 0 Å². The van der Waals surface area contributed by atoms with Gasteiger partial charge in [-0.3, -0.25) is 0 Å². The van der Waals surface area contributed by atoms with Crippen LogP contribution in [0.4, 0.5) is 0 Å². The number of carbonyl (C=O) groups is 1. The van der Waals surface area contributed by atoms with E-state index in [1.54, 1.807) is 19.2 Å². The van der Waals surface area contributed by atoms with Crippen molar-refractivity contribution < 1.29 is 19.0 Å². The van der Waals surface area contributed by atoms with Crippen LogP contribution < -0.4 is 0 Å². The van der Waals surface area contributed by atoms with E-state index in [0.717, 1.165) is 17.6 Å². The lowest BCUT2D eigenvalue weighted by Crippen LogP contribution is -2.47. The zero-order chi connectivity index (χ0) is 19.9. The molecule has 1 aliphatic rings. The first kappa shape index (κ1) is 20.3. The lowest BCUT2D eigenvalue weighted by atomic mass is 9.78. The summed E-state index contributed by atoms with van der Waals surface area (Å²) in [6, 6.07) is 19.1. The minimum Gasteiger partial charge on any atom is -0.456 e. The van der Waals surface area contributed by atoms with Crippen molar-refractivity contribution >= 4 is 5.97 Å². The van der Waals surface area contributed by atoms with Crippen LogP contribution in [-0.2, 0) is 20.8 Å². The largest absolute Gasteiger partial charge is 0.456 e. The Kier molecular flexibility index (Phi) is 7.01. The van der Waals surface area contributed by atoms with Crippen molar-refractivity contribution in [3.8, 4) is 0 Å². The third kappa shape index (κ3) is 4.89. The number of ether oxygens (including phenoxy) is 3. The molecule has 4 heteroatoms. The molecule has 148 valence electrons. The number of esters is 1. The standard InChI is InChI=1S/C24H28O4/c1-17-14-15-21(28-24(25)20-12-8-5-9-13-20)23(26-3)22(17)18(2)27-16-19-10-6-4-7-11-19/h4-13,18,21-23H,1,14-16H2,2-3H3/t18-,21+,22-,23+/m0/s1. The van der Waals surface area contributed by atoms with Gasteiger partial charge in [0.15, 0.2) is 0 Å². The van der Waals surface area contributed by atoms with Gasteiger partial charge in [0.05, 0.1) is 18.3 Å². The van der Waals surface area contributed by atoms with E-state index in [2.05, 4.69) is 6.58 Å². The molecule has 4 nitrogen and oxygen atoms in total. The van der Waals surface area contributed by atoms with Crippen LogP contribution in [0.15, 0.2) is 72.8 Å². The molecule has 0 heterocycles. The second kappa shape index (κ2) is 9.67. The van der Waals surface area contributed by atoms with Crippen molar-refractivity contribution in [3.05, 3.63) is 83.9 Å². The van der Waals surface area contributed by atoms with E-state index in [-0.39, 0.29) is 30.2 Å². The summed E-state index contributed by atoms with van der Waals surface area (Å²) in [4.78, 5) is 12.5. The van der Waals surface area contributed by atoms with E-state index in [1.165, 1.54) is 0 Å². The Morgan fingerprint density at radius 1 is 1.11 bits per heavy atom. The molecule has 0 amide bonds. The molecule has 2 aromatic carbocycles. The molecule has 28 heavy (non-hydrogen) atoms. The molecule has 0 unspecified atom stereocenters. The van der Waals surface area contributed by atoms with Gasteiger partial charge in [0, 0.05) is 13.0 Å². The van der Waals surface area contributed by atoms with Crippen molar-refractivity contribution in [1.29, 1.82) is 0 Å². The molecule has 3 rings (SSSR count). The highest BCUT2D eigenvalue weighted by Crippen LogP contribution is 2.36. The first-order chi connectivity index (χ1) is 13.6. The van der Waals surface area contributed by atoms with Gasteiger partial charge >= 0.3 is 5.97 Å². The molecule has 0 N–H and O–H groups in total. The Bertz CT molecular complexity index is 772. The quantitative estimate of drug-likeness (QED) is 0.511. The Balaban J connectivity index is 1.67. The minimum absolute atomic E-state index is 0.0314. The van der Waals surface area contributed by atoms with Gasteiger partial charge in [-0.05, 0) is 37.5 Å². The molecule has 1 saturated carbocycles. The maximum Gasteiger partial charge on any atom is 0.338 e. The highest BCUT2D eigenvalue weighted by molar-refractivity contribution is 5.89. The van der Waals surface area contributed by atoms with Gasteiger partial charge in [0.25, 0.3) is 0 Å². The number of hydrogen-bond donors (Lipinski definition) is 0. The van der Waals surface area contributed by atoms with Crippen LogP contribution in [0.3, 0.4) is 0 Å². The second-order valence-electron chi connectivity index (χ2n) is 7.23. The zero-order valence-electron chi connectivity index (χ0n) is 16.5. The predicted molar refractivity (Wildman–Crippen MR) is 109 cm³/mol. The maximum absolute atomic E-state index is 12.5. The van der Waals surface area contributed by atoms with E-state index in [0.29, 0.717) is 18.6 Å². The first-order valence-electron chi connectivity index (χ1n) is 9.72. The summed E-state index contributed by atoms with van der Waals surface area (Å²) in [7, 11) is 1.66. The molecule has 1 aliphatic carbocycles. The molecular weight excluding hydrogens is 352 g/mol. The number of hydrogen-bond acceptors (Lipinski definition) is 4. The average Bonchev–Trinajstić information content (AvgIpc) is 2.74. The van der Waals surface area contributed by atoms with Gasteiger partial charge in [0.1, 0.15) is 12.2 Å². The van der Waals surface area contributed by atoms with Crippen LogP contribution in [0.5, 0.6) is 0 Å². The Hall–Kier alpha value is -2.43. The molecule has 0 bridgehead atoms. The van der Waals surface area contributed by atoms with Gasteiger partial charge in [-0.2, -0.15) is 0 Å². The first-order valence-corrected chi connectivity index (χ1v) is 9.72. The van der Waals surface area contributed by atoms with Gasteiger partial charge in [-0.15, -0.1) is 0 Å². The van der Waals surface area contributed by atoms with E-state index in [4.69, 9.17) is 14.2 Å².